The summed E-state index contributed by atoms with van der Waals surface area (Å²) in [6.45, 7) is 5.16. The van der Waals surface area contributed by atoms with Crippen molar-refractivity contribution in [1.82, 2.24) is 4.57 Å². The highest BCUT2D eigenvalue weighted by Crippen LogP contribution is 2.24. The number of carbonyl (C=O) groups is 2. The molecule has 2 rings (SSSR count). The number of rotatable bonds is 6. The van der Waals surface area contributed by atoms with Gasteiger partial charge in [-0.25, -0.2) is 4.79 Å². The van der Waals surface area contributed by atoms with E-state index in [0.29, 0.717) is 5.56 Å². The maximum atomic E-state index is 12.1. The van der Waals surface area contributed by atoms with Crippen molar-refractivity contribution in [3.05, 3.63) is 52.9 Å². The van der Waals surface area contributed by atoms with Crippen molar-refractivity contribution in [1.29, 1.82) is 5.26 Å². The molecule has 0 spiro atoms. The first-order valence-corrected chi connectivity index (χ1v) is 8.24. The van der Waals surface area contributed by atoms with Gasteiger partial charge >= 0.3 is 5.97 Å². The van der Waals surface area contributed by atoms with E-state index in [1.54, 1.807) is 7.11 Å². The van der Waals surface area contributed by atoms with Crippen LogP contribution in [0, 0.1) is 25.2 Å². The predicted molar refractivity (Wildman–Crippen MR) is 100 cm³/mol. The molecule has 0 saturated heterocycles. The topological polar surface area (TPSA) is 107 Å². The number of nitriles is 1. The Kier molecular flexibility index (Phi) is 6.03. The molecule has 2 N–H and O–H groups in total. The molecule has 7 heteroatoms. The quantitative estimate of drug-likeness (QED) is 0.479. The van der Waals surface area contributed by atoms with Gasteiger partial charge in [0, 0.05) is 17.1 Å². The molecule has 1 unspecified atom stereocenters. The van der Waals surface area contributed by atoms with Gasteiger partial charge in [-0.05, 0) is 62.7 Å². The number of aromatic nitrogens is 1. The number of hydrogen-bond donors (Lipinski definition) is 1. The summed E-state index contributed by atoms with van der Waals surface area (Å²) in [5, 5.41) is 9.29. The lowest BCUT2D eigenvalue weighted by Crippen LogP contribution is -2.30. The molecule has 0 radical (unpaired) electrons. The second kappa shape index (κ2) is 8.23. The number of primary amides is 1. The first-order valence-electron chi connectivity index (χ1n) is 8.24. The van der Waals surface area contributed by atoms with Gasteiger partial charge in [0.05, 0.1) is 7.11 Å². The summed E-state index contributed by atoms with van der Waals surface area (Å²) in [5.74, 6) is -0.921. The van der Waals surface area contributed by atoms with Crippen molar-refractivity contribution >= 4 is 18.0 Å². The zero-order chi connectivity index (χ0) is 20.1. The summed E-state index contributed by atoms with van der Waals surface area (Å²) < 4.78 is 12.1. The minimum Gasteiger partial charge on any atom is -0.497 e. The van der Waals surface area contributed by atoms with Crippen molar-refractivity contribution in [2.45, 2.75) is 26.9 Å². The van der Waals surface area contributed by atoms with Gasteiger partial charge in [0.2, 0.25) is 0 Å². The number of methoxy groups -OCH3 is 1. The molecule has 1 aromatic carbocycles. The number of esters is 1. The summed E-state index contributed by atoms with van der Waals surface area (Å²) in [5.41, 5.74) is 8.27. The van der Waals surface area contributed by atoms with Gasteiger partial charge in [-0.2, -0.15) is 5.26 Å². The van der Waals surface area contributed by atoms with Crippen molar-refractivity contribution in [2.75, 3.05) is 7.11 Å². The van der Waals surface area contributed by atoms with Crippen LogP contribution in [0.5, 0.6) is 5.75 Å². The maximum absolute atomic E-state index is 12.1. The molecule has 1 aromatic heterocycles. The standard InChI is InChI=1S/C20H21N3O4/c1-12-9-15(10-16(11-21)20(25)27-14(3)19(22)24)13(2)23(12)17-5-7-18(26-4)8-6-17/h5-10,14H,1-4H3,(H2,22,24). The molecule has 0 fully saturated rings. The van der Waals surface area contributed by atoms with E-state index in [1.807, 2.05) is 54.8 Å². The Hall–Kier alpha value is -3.53. The van der Waals surface area contributed by atoms with E-state index >= 15 is 0 Å². The fourth-order valence-electron chi connectivity index (χ4n) is 2.64. The maximum Gasteiger partial charge on any atom is 0.349 e. The van der Waals surface area contributed by atoms with Crippen LogP contribution in [0.2, 0.25) is 0 Å². The molecular formula is C20H21N3O4. The average Bonchev–Trinajstić information content (AvgIpc) is 2.92. The third-order valence-corrected chi connectivity index (χ3v) is 4.13. The molecule has 0 aliphatic carbocycles. The Labute approximate surface area is 157 Å². The fraction of sp³-hybridized carbons (Fsp3) is 0.250. The number of carbonyl (C=O) groups excluding carboxylic acids is 2. The minimum atomic E-state index is -1.11. The van der Waals surface area contributed by atoms with Gasteiger partial charge < -0.3 is 19.8 Å². The molecule has 2 aromatic rings. The lowest BCUT2D eigenvalue weighted by Gasteiger charge is -2.10. The Morgan fingerprint density at radius 3 is 2.41 bits per heavy atom. The van der Waals surface area contributed by atoms with E-state index in [4.69, 9.17) is 15.2 Å². The second-order valence-corrected chi connectivity index (χ2v) is 5.98. The van der Waals surface area contributed by atoms with Crippen molar-refractivity contribution in [3.63, 3.8) is 0 Å². The third-order valence-electron chi connectivity index (χ3n) is 4.13. The summed E-state index contributed by atoms with van der Waals surface area (Å²) in [7, 11) is 1.60. The SMILES string of the molecule is COc1ccc(-n2c(C)cc(C=C(C#N)C(=O)OC(C)C(N)=O)c2C)cc1. The van der Waals surface area contributed by atoms with Gasteiger partial charge in [-0.1, -0.05) is 0 Å². The van der Waals surface area contributed by atoms with E-state index in [0.717, 1.165) is 22.8 Å². The van der Waals surface area contributed by atoms with Gasteiger partial charge in [0.25, 0.3) is 5.91 Å². The lowest BCUT2D eigenvalue weighted by atomic mass is 10.1. The summed E-state index contributed by atoms with van der Waals surface area (Å²) in [6, 6.07) is 11.2. The largest absolute Gasteiger partial charge is 0.497 e. The molecule has 1 atom stereocenters. The van der Waals surface area contributed by atoms with Crippen LogP contribution in [0.15, 0.2) is 35.9 Å². The summed E-state index contributed by atoms with van der Waals surface area (Å²) in [6.07, 6.45) is 0.333. The monoisotopic (exact) mass is 367 g/mol. The highest BCUT2D eigenvalue weighted by molar-refractivity contribution is 5.99. The Morgan fingerprint density at radius 2 is 1.89 bits per heavy atom. The van der Waals surface area contributed by atoms with Gasteiger partial charge in [-0.15, -0.1) is 0 Å². The molecule has 0 aliphatic rings. The van der Waals surface area contributed by atoms with Gasteiger partial charge in [-0.3, -0.25) is 4.79 Å². The van der Waals surface area contributed by atoms with Crippen molar-refractivity contribution in [2.24, 2.45) is 5.73 Å². The molecule has 1 heterocycles. The van der Waals surface area contributed by atoms with Crippen LogP contribution >= 0.6 is 0 Å². The van der Waals surface area contributed by atoms with Crippen LogP contribution in [0.4, 0.5) is 0 Å². The molecule has 0 bridgehead atoms. The molecule has 7 nitrogen and oxygen atoms in total. The van der Waals surface area contributed by atoms with E-state index in [2.05, 4.69) is 0 Å². The summed E-state index contributed by atoms with van der Waals surface area (Å²) in [4.78, 5) is 23.1. The van der Waals surface area contributed by atoms with Crippen LogP contribution in [-0.2, 0) is 14.3 Å². The third kappa shape index (κ3) is 4.36. The lowest BCUT2D eigenvalue weighted by molar-refractivity contribution is -0.149. The van der Waals surface area contributed by atoms with Crippen LogP contribution < -0.4 is 10.5 Å². The smallest absolute Gasteiger partial charge is 0.349 e. The zero-order valence-electron chi connectivity index (χ0n) is 15.6. The number of amides is 1. The molecular weight excluding hydrogens is 346 g/mol. The van der Waals surface area contributed by atoms with E-state index < -0.39 is 18.0 Å². The molecule has 140 valence electrons. The van der Waals surface area contributed by atoms with Crippen molar-refractivity contribution in [3.8, 4) is 17.5 Å². The highest BCUT2D eigenvalue weighted by Gasteiger charge is 2.19. The van der Waals surface area contributed by atoms with E-state index in [9.17, 15) is 14.9 Å². The van der Waals surface area contributed by atoms with E-state index in [-0.39, 0.29) is 5.57 Å². The molecule has 0 saturated carbocycles. The Balaban J connectivity index is 2.38. The van der Waals surface area contributed by atoms with E-state index in [1.165, 1.54) is 13.0 Å². The van der Waals surface area contributed by atoms with Crippen LogP contribution in [-0.4, -0.2) is 29.7 Å². The number of aryl methyl sites for hydroxylation is 1. The average molecular weight is 367 g/mol. The van der Waals surface area contributed by atoms with Gasteiger partial charge in [0.15, 0.2) is 6.10 Å². The van der Waals surface area contributed by atoms with Crippen LogP contribution in [0.25, 0.3) is 11.8 Å². The molecule has 1 amide bonds. The first kappa shape index (κ1) is 19.8. The summed E-state index contributed by atoms with van der Waals surface area (Å²) >= 11 is 0. The second-order valence-electron chi connectivity index (χ2n) is 5.98. The van der Waals surface area contributed by atoms with Crippen molar-refractivity contribution < 1.29 is 19.1 Å². The Bertz CT molecular complexity index is 933. The number of hydrogen-bond acceptors (Lipinski definition) is 5. The highest BCUT2D eigenvalue weighted by atomic mass is 16.5. The number of ether oxygens (including phenoxy) is 2. The first-order chi connectivity index (χ1) is 12.8. The fourth-order valence-corrected chi connectivity index (χ4v) is 2.64. The zero-order valence-corrected chi connectivity index (χ0v) is 15.6. The van der Waals surface area contributed by atoms with Gasteiger partial charge in [0.1, 0.15) is 17.4 Å². The molecule has 27 heavy (non-hydrogen) atoms. The molecule has 0 aliphatic heterocycles. The normalized spacial score (nSPS) is 12.2. The number of nitrogens with zero attached hydrogens (tertiary/aromatic N) is 2. The number of benzene rings is 1. The van der Waals surface area contributed by atoms with Crippen LogP contribution in [0.1, 0.15) is 23.9 Å². The minimum absolute atomic E-state index is 0.210. The Morgan fingerprint density at radius 1 is 1.26 bits per heavy atom. The van der Waals surface area contributed by atoms with Crippen LogP contribution in [0.3, 0.4) is 0 Å². The predicted octanol–water partition coefficient (Wildman–Crippen LogP) is 2.43. The number of nitrogens with two attached hydrogens (primary N) is 1.